The van der Waals surface area contributed by atoms with Gasteiger partial charge in [0, 0.05) is 11.5 Å². The summed E-state index contributed by atoms with van der Waals surface area (Å²) in [6.45, 7) is 5.46. The van der Waals surface area contributed by atoms with E-state index in [-0.39, 0.29) is 46.9 Å². The van der Waals surface area contributed by atoms with Crippen molar-refractivity contribution in [3.05, 3.63) is 101 Å². The number of carbonyl (C=O) groups excluding carboxylic acids is 4. The number of halogens is 2. The zero-order chi connectivity index (χ0) is 32.7. The minimum absolute atomic E-state index is 0.127. The van der Waals surface area contributed by atoms with Gasteiger partial charge in [0.25, 0.3) is 0 Å². The normalized spacial score (nSPS) is 28.5. The third-order valence-corrected chi connectivity index (χ3v) is 10.7. The molecular formula is C36H30ClFN2O6. The van der Waals surface area contributed by atoms with E-state index >= 15 is 0 Å². The largest absolute Gasteiger partial charge is 0.504 e. The molecule has 3 aromatic rings. The molecule has 3 aromatic carbocycles. The number of allylic oxidation sites excluding steroid dienone is 2. The van der Waals surface area contributed by atoms with Gasteiger partial charge in [0.15, 0.2) is 11.5 Å². The van der Waals surface area contributed by atoms with Gasteiger partial charge in [-0.2, -0.15) is 0 Å². The molecule has 8 nitrogen and oxygen atoms in total. The van der Waals surface area contributed by atoms with Gasteiger partial charge in [-0.05, 0) is 67.6 Å². The van der Waals surface area contributed by atoms with Crippen LogP contribution in [0.2, 0.25) is 5.02 Å². The molecule has 46 heavy (non-hydrogen) atoms. The third-order valence-electron chi connectivity index (χ3n) is 10.4. The van der Waals surface area contributed by atoms with Crippen LogP contribution in [0.25, 0.3) is 6.08 Å². The molecule has 2 aliphatic carbocycles. The topological polar surface area (TPSA) is 104 Å². The number of aromatic hydroxyl groups is 1. The van der Waals surface area contributed by atoms with Crippen molar-refractivity contribution in [3.63, 3.8) is 0 Å². The second kappa shape index (κ2) is 10.7. The summed E-state index contributed by atoms with van der Waals surface area (Å²) in [5, 5.41) is 11.2. The molecule has 0 aromatic heterocycles. The van der Waals surface area contributed by atoms with Crippen molar-refractivity contribution in [1.29, 1.82) is 0 Å². The highest BCUT2D eigenvalue weighted by molar-refractivity contribution is 6.32. The maximum Gasteiger partial charge on any atom is 0.241 e. The highest BCUT2D eigenvalue weighted by atomic mass is 35.5. The first-order chi connectivity index (χ1) is 22.0. The van der Waals surface area contributed by atoms with E-state index in [2.05, 4.69) is 6.58 Å². The highest BCUT2D eigenvalue weighted by Gasteiger charge is 2.68. The molecule has 4 amide bonds. The third kappa shape index (κ3) is 4.04. The number of nitrogens with zero attached hydrogens (tertiary/aromatic N) is 2. The van der Waals surface area contributed by atoms with Crippen LogP contribution in [0.1, 0.15) is 36.8 Å². The Balaban J connectivity index is 1.37. The summed E-state index contributed by atoms with van der Waals surface area (Å²) in [5.41, 5.74) is 1.10. The number of para-hydroxylation sites is 1. The van der Waals surface area contributed by atoms with Gasteiger partial charge in [-0.25, -0.2) is 9.29 Å². The summed E-state index contributed by atoms with van der Waals surface area (Å²) in [5.74, 6) is -6.18. The number of hydrogen-bond donors (Lipinski definition) is 1. The predicted molar refractivity (Wildman–Crippen MR) is 170 cm³/mol. The Kier molecular flexibility index (Phi) is 6.93. The SMILES string of the molecule is C=Cc1ccc(N2C(=O)C3CC=C4C(CC5C(=O)N(c6ccc(F)c(Cl)c6)C(=O)C5(C)C4c4cccc(OC)c4O)C3C2=O)cc1. The average molecular weight is 641 g/mol. The van der Waals surface area contributed by atoms with E-state index in [0.29, 0.717) is 16.8 Å². The van der Waals surface area contributed by atoms with Gasteiger partial charge >= 0.3 is 0 Å². The lowest BCUT2D eigenvalue weighted by molar-refractivity contribution is -0.131. The van der Waals surface area contributed by atoms with Crippen molar-refractivity contribution in [1.82, 2.24) is 0 Å². The minimum atomic E-state index is -1.40. The average Bonchev–Trinajstić information content (AvgIpc) is 3.42. The number of phenolic OH excluding ortho intramolecular Hbond substituents is 1. The van der Waals surface area contributed by atoms with Crippen LogP contribution < -0.4 is 14.5 Å². The van der Waals surface area contributed by atoms with E-state index < -0.39 is 52.6 Å². The number of imide groups is 2. The molecule has 234 valence electrons. The molecule has 6 atom stereocenters. The number of benzene rings is 3. The van der Waals surface area contributed by atoms with Crippen LogP contribution in [-0.4, -0.2) is 35.8 Å². The zero-order valence-electron chi connectivity index (χ0n) is 25.1. The molecule has 1 saturated carbocycles. The van der Waals surface area contributed by atoms with Crippen LogP contribution in [0.3, 0.4) is 0 Å². The number of rotatable bonds is 5. The second-order valence-corrected chi connectivity index (χ2v) is 12.9. The fraction of sp³-hybridized carbons (Fsp3) is 0.278. The van der Waals surface area contributed by atoms with Crippen LogP contribution >= 0.6 is 11.6 Å². The van der Waals surface area contributed by atoms with Gasteiger partial charge in [-0.1, -0.05) is 60.2 Å². The number of phenols is 1. The maximum absolute atomic E-state index is 14.5. The van der Waals surface area contributed by atoms with Crippen molar-refractivity contribution in [3.8, 4) is 11.5 Å². The number of fused-ring (bicyclic) bond motifs is 4. The van der Waals surface area contributed by atoms with E-state index in [1.54, 1.807) is 55.5 Å². The van der Waals surface area contributed by atoms with Gasteiger partial charge in [-0.15, -0.1) is 0 Å². The molecule has 2 aliphatic heterocycles. The lowest BCUT2D eigenvalue weighted by Gasteiger charge is -2.49. The second-order valence-electron chi connectivity index (χ2n) is 12.5. The standard InChI is InChI=1S/C36H30ClFN2O6/c1-4-18-8-10-19(11-9-18)39-32(42)22-14-13-21-24(29(22)34(39)44)17-25-33(43)40(20-12-15-27(38)26(37)16-20)35(45)36(25,2)30(21)23-6-5-7-28(46-3)31(23)41/h4-13,15-16,22,24-25,29-30,41H,1,14,17H2,2-3H3. The quantitative estimate of drug-likeness (QED) is 0.260. The Morgan fingerprint density at radius 3 is 2.37 bits per heavy atom. The van der Waals surface area contributed by atoms with Gasteiger partial charge in [0.1, 0.15) is 5.82 Å². The summed E-state index contributed by atoms with van der Waals surface area (Å²) in [6, 6.07) is 15.6. The molecule has 0 bridgehead atoms. The van der Waals surface area contributed by atoms with E-state index in [9.17, 15) is 28.7 Å². The number of hydrogen-bond acceptors (Lipinski definition) is 6. The Morgan fingerprint density at radius 2 is 1.70 bits per heavy atom. The van der Waals surface area contributed by atoms with Crippen molar-refractivity contribution in [2.75, 3.05) is 16.9 Å². The minimum Gasteiger partial charge on any atom is -0.504 e. The molecule has 10 heteroatoms. The Hall–Kier alpha value is -4.76. The Morgan fingerprint density at radius 1 is 0.978 bits per heavy atom. The molecule has 0 radical (unpaired) electrons. The van der Waals surface area contributed by atoms with Crippen molar-refractivity contribution in [2.24, 2.45) is 29.1 Å². The summed E-state index contributed by atoms with van der Waals surface area (Å²) < 4.78 is 19.5. The molecule has 2 heterocycles. The van der Waals surface area contributed by atoms with Crippen molar-refractivity contribution < 1.29 is 33.4 Å². The van der Waals surface area contributed by atoms with E-state index in [1.807, 2.05) is 6.08 Å². The van der Waals surface area contributed by atoms with Gasteiger partial charge in [0.05, 0.1) is 46.7 Å². The molecule has 3 fully saturated rings. The Bertz CT molecular complexity index is 1890. The molecule has 0 spiro atoms. The molecule has 6 unspecified atom stereocenters. The van der Waals surface area contributed by atoms with Gasteiger partial charge in [0.2, 0.25) is 23.6 Å². The maximum atomic E-state index is 14.5. The fourth-order valence-electron chi connectivity index (χ4n) is 8.18. The van der Waals surface area contributed by atoms with E-state index in [4.69, 9.17) is 16.3 Å². The zero-order valence-corrected chi connectivity index (χ0v) is 25.8. The first kappa shape index (κ1) is 29.9. The smallest absolute Gasteiger partial charge is 0.241 e. The number of anilines is 2. The van der Waals surface area contributed by atoms with Crippen LogP contribution in [-0.2, 0) is 19.2 Å². The fourth-order valence-corrected chi connectivity index (χ4v) is 8.36. The predicted octanol–water partition coefficient (Wildman–Crippen LogP) is 6.27. The Labute approximate surface area is 269 Å². The van der Waals surface area contributed by atoms with Crippen LogP contribution in [0.15, 0.2) is 78.9 Å². The first-order valence-corrected chi connectivity index (χ1v) is 15.4. The monoisotopic (exact) mass is 640 g/mol. The van der Waals surface area contributed by atoms with Crippen molar-refractivity contribution in [2.45, 2.75) is 25.7 Å². The number of amides is 4. The summed E-state index contributed by atoms with van der Waals surface area (Å²) >= 11 is 6.07. The highest BCUT2D eigenvalue weighted by Crippen LogP contribution is 2.65. The molecule has 2 saturated heterocycles. The number of carbonyl (C=O) groups is 4. The van der Waals surface area contributed by atoms with Crippen LogP contribution in [0.5, 0.6) is 11.5 Å². The van der Waals surface area contributed by atoms with E-state index in [0.717, 1.165) is 16.5 Å². The molecular weight excluding hydrogens is 611 g/mol. The first-order valence-electron chi connectivity index (χ1n) is 15.0. The molecule has 4 aliphatic rings. The van der Waals surface area contributed by atoms with Crippen molar-refractivity contribution >= 4 is 52.7 Å². The summed E-state index contributed by atoms with van der Waals surface area (Å²) in [4.78, 5) is 59.1. The van der Waals surface area contributed by atoms with Gasteiger partial charge in [-0.3, -0.25) is 24.1 Å². The number of methoxy groups -OCH3 is 1. The molecule has 7 rings (SSSR count). The molecule has 1 N–H and O–H groups in total. The lowest BCUT2D eigenvalue weighted by atomic mass is 9.51. The summed E-state index contributed by atoms with van der Waals surface area (Å²) in [6.07, 6.45) is 3.96. The van der Waals surface area contributed by atoms with Gasteiger partial charge < -0.3 is 9.84 Å². The van der Waals surface area contributed by atoms with E-state index in [1.165, 1.54) is 24.1 Å². The summed E-state index contributed by atoms with van der Waals surface area (Å²) in [7, 11) is 1.42. The van der Waals surface area contributed by atoms with Crippen LogP contribution in [0, 0.1) is 34.9 Å². The van der Waals surface area contributed by atoms with Crippen LogP contribution in [0.4, 0.5) is 15.8 Å². The lowest BCUT2D eigenvalue weighted by Crippen LogP contribution is -2.48. The number of ether oxygens (including phenoxy) is 1.